The molecule has 1 rings (SSSR count). The van der Waals surface area contributed by atoms with Gasteiger partial charge in [0.25, 0.3) is 0 Å². The van der Waals surface area contributed by atoms with Gasteiger partial charge in [-0.05, 0) is 39.8 Å². The van der Waals surface area contributed by atoms with Crippen LogP contribution in [0.2, 0.25) is 0 Å². The summed E-state index contributed by atoms with van der Waals surface area (Å²) in [7, 11) is 0. The van der Waals surface area contributed by atoms with Crippen molar-refractivity contribution in [1.82, 2.24) is 10.2 Å². The zero-order valence-electron chi connectivity index (χ0n) is 10.5. The van der Waals surface area contributed by atoms with Crippen LogP contribution < -0.4 is 11.1 Å². The first-order valence-electron chi connectivity index (χ1n) is 6.37. The fourth-order valence-electron chi connectivity index (χ4n) is 2.24. The number of carbonyl (C=O) groups is 1. The van der Waals surface area contributed by atoms with Crippen LogP contribution in [0.5, 0.6) is 0 Å². The fraction of sp³-hybridized carbons (Fsp3) is 0.917. The molecule has 0 aromatic heterocycles. The summed E-state index contributed by atoms with van der Waals surface area (Å²) in [5.41, 5.74) is 5.76. The van der Waals surface area contributed by atoms with Crippen LogP contribution in [0.4, 0.5) is 0 Å². The van der Waals surface area contributed by atoms with Crippen molar-refractivity contribution in [3.05, 3.63) is 0 Å². The summed E-state index contributed by atoms with van der Waals surface area (Å²) in [6.07, 6.45) is 4.32. The van der Waals surface area contributed by atoms with Gasteiger partial charge in [-0.25, -0.2) is 0 Å². The van der Waals surface area contributed by atoms with Gasteiger partial charge in [0.1, 0.15) is 0 Å². The SMILES string of the molecule is CC(C)NC(=O)CC(CN)N1CCCCC1. The number of hydrogen-bond acceptors (Lipinski definition) is 3. The van der Waals surface area contributed by atoms with Crippen LogP contribution in [0.25, 0.3) is 0 Å². The number of nitrogens with zero attached hydrogens (tertiary/aromatic N) is 1. The van der Waals surface area contributed by atoms with Crippen LogP contribution in [-0.4, -0.2) is 42.5 Å². The van der Waals surface area contributed by atoms with Crippen LogP contribution in [0.3, 0.4) is 0 Å². The molecule has 1 fully saturated rings. The Bertz CT molecular complexity index is 212. The van der Waals surface area contributed by atoms with E-state index in [2.05, 4.69) is 10.2 Å². The zero-order chi connectivity index (χ0) is 12.0. The number of rotatable bonds is 5. The van der Waals surface area contributed by atoms with Crippen LogP contribution in [0, 0.1) is 0 Å². The lowest BCUT2D eigenvalue weighted by Gasteiger charge is -2.33. The summed E-state index contributed by atoms with van der Waals surface area (Å²) in [4.78, 5) is 14.0. The van der Waals surface area contributed by atoms with E-state index in [0.29, 0.717) is 13.0 Å². The van der Waals surface area contributed by atoms with Crippen LogP contribution >= 0.6 is 0 Å². The van der Waals surface area contributed by atoms with Gasteiger partial charge in [-0.3, -0.25) is 9.69 Å². The number of carbonyl (C=O) groups excluding carboxylic acids is 1. The number of hydrogen-bond donors (Lipinski definition) is 2. The van der Waals surface area contributed by atoms with E-state index in [0.717, 1.165) is 13.1 Å². The van der Waals surface area contributed by atoms with Crippen molar-refractivity contribution in [2.75, 3.05) is 19.6 Å². The molecule has 1 saturated heterocycles. The molecule has 0 aromatic carbocycles. The molecule has 1 aliphatic rings. The average molecular weight is 227 g/mol. The summed E-state index contributed by atoms with van der Waals surface area (Å²) in [6.45, 7) is 6.73. The van der Waals surface area contributed by atoms with Crippen molar-refractivity contribution in [3.8, 4) is 0 Å². The molecule has 94 valence electrons. The standard InChI is InChI=1S/C12H25N3O/c1-10(2)14-12(16)8-11(9-13)15-6-4-3-5-7-15/h10-11H,3-9,13H2,1-2H3,(H,14,16). The molecule has 3 N–H and O–H groups in total. The second-order valence-corrected chi connectivity index (χ2v) is 4.91. The van der Waals surface area contributed by atoms with Gasteiger partial charge in [-0.15, -0.1) is 0 Å². The van der Waals surface area contributed by atoms with Crippen molar-refractivity contribution in [1.29, 1.82) is 0 Å². The Kier molecular flexibility index (Phi) is 5.77. The maximum atomic E-state index is 11.7. The lowest BCUT2D eigenvalue weighted by Crippen LogP contribution is -2.46. The van der Waals surface area contributed by atoms with Crippen LogP contribution in [0.1, 0.15) is 39.5 Å². The van der Waals surface area contributed by atoms with E-state index < -0.39 is 0 Å². The summed E-state index contributed by atoms with van der Waals surface area (Å²) in [5.74, 6) is 0.121. The summed E-state index contributed by atoms with van der Waals surface area (Å²) in [5, 5.41) is 2.93. The van der Waals surface area contributed by atoms with Gasteiger partial charge in [0, 0.05) is 25.0 Å². The maximum absolute atomic E-state index is 11.7. The lowest BCUT2D eigenvalue weighted by molar-refractivity contribution is -0.122. The van der Waals surface area contributed by atoms with Crippen molar-refractivity contribution < 1.29 is 4.79 Å². The molecule has 1 atom stereocenters. The molecule has 1 amide bonds. The number of likely N-dealkylation sites (tertiary alicyclic amines) is 1. The molecule has 0 spiro atoms. The molecule has 16 heavy (non-hydrogen) atoms. The van der Waals surface area contributed by atoms with Crippen molar-refractivity contribution in [2.24, 2.45) is 5.73 Å². The number of nitrogens with two attached hydrogens (primary N) is 1. The van der Waals surface area contributed by atoms with E-state index in [4.69, 9.17) is 5.73 Å². The maximum Gasteiger partial charge on any atom is 0.221 e. The zero-order valence-corrected chi connectivity index (χ0v) is 10.5. The van der Waals surface area contributed by atoms with E-state index in [1.165, 1.54) is 19.3 Å². The molecule has 0 aliphatic carbocycles. The highest BCUT2D eigenvalue weighted by atomic mass is 16.1. The Labute approximate surface area is 98.6 Å². The highest BCUT2D eigenvalue weighted by molar-refractivity contribution is 5.76. The topological polar surface area (TPSA) is 58.4 Å². The van der Waals surface area contributed by atoms with E-state index in [1.807, 2.05) is 13.8 Å². The van der Waals surface area contributed by atoms with E-state index in [-0.39, 0.29) is 18.0 Å². The van der Waals surface area contributed by atoms with Gasteiger partial charge < -0.3 is 11.1 Å². The highest BCUT2D eigenvalue weighted by Crippen LogP contribution is 2.13. The van der Waals surface area contributed by atoms with Gasteiger partial charge >= 0.3 is 0 Å². The van der Waals surface area contributed by atoms with Crippen molar-refractivity contribution in [2.45, 2.75) is 51.6 Å². The van der Waals surface area contributed by atoms with Gasteiger partial charge in [0.2, 0.25) is 5.91 Å². The molecule has 1 heterocycles. The van der Waals surface area contributed by atoms with Crippen molar-refractivity contribution >= 4 is 5.91 Å². The molecule has 0 aromatic rings. The highest BCUT2D eigenvalue weighted by Gasteiger charge is 2.21. The molecule has 0 saturated carbocycles. The molecule has 4 heteroatoms. The quantitative estimate of drug-likeness (QED) is 0.727. The summed E-state index contributed by atoms with van der Waals surface area (Å²) in [6, 6.07) is 0.436. The minimum atomic E-state index is 0.121. The third-order valence-corrected chi connectivity index (χ3v) is 3.05. The fourth-order valence-corrected chi connectivity index (χ4v) is 2.24. The molecule has 4 nitrogen and oxygen atoms in total. The molecular formula is C12H25N3O. The Morgan fingerprint density at radius 1 is 1.31 bits per heavy atom. The van der Waals surface area contributed by atoms with Gasteiger partial charge in [-0.1, -0.05) is 6.42 Å². The molecule has 1 unspecified atom stereocenters. The predicted molar refractivity (Wildman–Crippen MR) is 66.2 cm³/mol. The lowest BCUT2D eigenvalue weighted by atomic mass is 10.1. The Hall–Kier alpha value is -0.610. The Balaban J connectivity index is 2.37. The minimum absolute atomic E-state index is 0.121. The largest absolute Gasteiger partial charge is 0.354 e. The Morgan fingerprint density at radius 2 is 1.94 bits per heavy atom. The third-order valence-electron chi connectivity index (χ3n) is 3.05. The molecule has 0 bridgehead atoms. The van der Waals surface area contributed by atoms with E-state index >= 15 is 0 Å². The predicted octanol–water partition coefficient (Wildman–Crippen LogP) is 0.714. The second kappa shape index (κ2) is 6.86. The number of amides is 1. The minimum Gasteiger partial charge on any atom is -0.354 e. The summed E-state index contributed by atoms with van der Waals surface area (Å²) >= 11 is 0. The van der Waals surface area contributed by atoms with Crippen LogP contribution in [0.15, 0.2) is 0 Å². The van der Waals surface area contributed by atoms with Gasteiger partial charge in [0.05, 0.1) is 0 Å². The Morgan fingerprint density at radius 3 is 2.44 bits per heavy atom. The normalized spacial score (nSPS) is 19.8. The number of piperidine rings is 1. The first kappa shape index (κ1) is 13.5. The third kappa shape index (κ3) is 4.49. The first-order chi connectivity index (χ1) is 7.63. The summed E-state index contributed by atoms with van der Waals surface area (Å²) < 4.78 is 0. The van der Waals surface area contributed by atoms with E-state index in [9.17, 15) is 4.79 Å². The second-order valence-electron chi connectivity index (χ2n) is 4.91. The van der Waals surface area contributed by atoms with E-state index in [1.54, 1.807) is 0 Å². The van der Waals surface area contributed by atoms with Gasteiger partial charge in [-0.2, -0.15) is 0 Å². The van der Waals surface area contributed by atoms with Crippen molar-refractivity contribution in [3.63, 3.8) is 0 Å². The molecular weight excluding hydrogens is 202 g/mol. The number of nitrogens with one attached hydrogen (secondary N) is 1. The average Bonchev–Trinajstić information content (AvgIpc) is 2.26. The smallest absolute Gasteiger partial charge is 0.221 e. The monoisotopic (exact) mass is 227 g/mol. The molecule has 0 radical (unpaired) electrons. The first-order valence-corrected chi connectivity index (χ1v) is 6.37. The van der Waals surface area contributed by atoms with Gasteiger partial charge in [0.15, 0.2) is 0 Å². The molecule has 1 aliphatic heterocycles. The van der Waals surface area contributed by atoms with Crippen LogP contribution in [-0.2, 0) is 4.79 Å².